The second-order valence-electron chi connectivity index (χ2n) is 4.67. The van der Waals surface area contributed by atoms with Crippen molar-refractivity contribution in [3.05, 3.63) is 24.3 Å². The number of hydrogen-bond donors (Lipinski definition) is 0. The van der Waals surface area contributed by atoms with Crippen molar-refractivity contribution in [3.63, 3.8) is 0 Å². The van der Waals surface area contributed by atoms with E-state index in [-0.39, 0.29) is 0 Å². The summed E-state index contributed by atoms with van der Waals surface area (Å²) in [6.07, 6.45) is 3.83. The first-order valence-corrected chi connectivity index (χ1v) is 9.44. The van der Waals surface area contributed by atoms with Crippen molar-refractivity contribution in [3.8, 4) is 0 Å². The van der Waals surface area contributed by atoms with Gasteiger partial charge in [-0.3, -0.25) is 0 Å². The predicted molar refractivity (Wildman–Crippen MR) is 75.7 cm³/mol. The van der Waals surface area contributed by atoms with E-state index >= 15 is 0 Å². The molecule has 0 spiro atoms. The highest BCUT2D eigenvalue weighted by Crippen LogP contribution is 2.50. The van der Waals surface area contributed by atoms with Crippen molar-refractivity contribution in [2.45, 2.75) is 22.6 Å². The molecule has 1 fully saturated rings. The largest absolute Gasteiger partial charge is 0.224 e. The molecular weight excluding hydrogens is 320 g/mol. The summed E-state index contributed by atoms with van der Waals surface area (Å²) in [5.41, 5.74) is 0.486. The maximum atomic E-state index is 11.3. The summed E-state index contributed by atoms with van der Waals surface area (Å²) in [7, 11) is -3.07. The van der Waals surface area contributed by atoms with Crippen LogP contribution >= 0.6 is 27.7 Å². The van der Waals surface area contributed by atoms with E-state index < -0.39 is 9.84 Å². The van der Waals surface area contributed by atoms with Crippen LogP contribution in [0.1, 0.15) is 12.8 Å². The summed E-state index contributed by atoms with van der Waals surface area (Å²) in [4.78, 5) is 1.54. The zero-order valence-corrected chi connectivity index (χ0v) is 12.9. The fourth-order valence-corrected chi connectivity index (χ4v) is 4.36. The van der Waals surface area contributed by atoms with E-state index in [1.165, 1.54) is 19.1 Å². The first-order valence-electron chi connectivity index (χ1n) is 5.44. The Hall–Kier alpha value is -0.000000000000000111. The van der Waals surface area contributed by atoms with Gasteiger partial charge in [0.2, 0.25) is 0 Å². The average Bonchev–Trinajstić information content (AvgIpc) is 3.06. The molecule has 0 N–H and O–H groups in total. The smallest absolute Gasteiger partial charge is 0.175 e. The summed E-state index contributed by atoms with van der Waals surface area (Å²) < 4.78 is 22.6. The van der Waals surface area contributed by atoms with E-state index in [9.17, 15) is 8.42 Å². The van der Waals surface area contributed by atoms with Gasteiger partial charge in [0.25, 0.3) is 0 Å². The minimum atomic E-state index is -3.07. The van der Waals surface area contributed by atoms with Crippen molar-refractivity contribution >= 4 is 37.5 Å². The van der Waals surface area contributed by atoms with Gasteiger partial charge in [-0.25, -0.2) is 8.42 Å². The molecule has 0 unspecified atom stereocenters. The van der Waals surface area contributed by atoms with Gasteiger partial charge in [-0.05, 0) is 42.5 Å². The van der Waals surface area contributed by atoms with Gasteiger partial charge in [0, 0.05) is 22.2 Å². The summed E-state index contributed by atoms with van der Waals surface area (Å²) in [6.45, 7) is 0. The number of halogens is 1. The summed E-state index contributed by atoms with van der Waals surface area (Å²) in [5.74, 6) is 1.11. The van der Waals surface area contributed by atoms with Crippen LogP contribution in [0.25, 0.3) is 0 Å². The molecule has 1 aliphatic carbocycles. The highest BCUT2D eigenvalue weighted by molar-refractivity contribution is 9.09. The molecule has 0 aromatic heterocycles. The molecule has 0 heterocycles. The first kappa shape index (κ1) is 13.4. The van der Waals surface area contributed by atoms with Crippen molar-refractivity contribution < 1.29 is 8.42 Å². The molecule has 2 rings (SSSR count). The number of thioether (sulfide) groups is 1. The van der Waals surface area contributed by atoms with Crippen LogP contribution in [0.5, 0.6) is 0 Å². The van der Waals surface area contributed by atoms with Gasteiger partial charge in [-0.15, -0.1) is 11.8 Å². The van der Waals surface area contributed by atoms with Crippen LogP contribution in [0.2, 0.25) is 0 Å². The van der Waals surface area contributed by atoms with Crippen LogP contribution in [0.3, 0.4) is 0 Å². The maximum absolute atomic E-state index is 11.3. The molecule has 94 valence electrons. The van der Waals surface area contributed by atoms with Crippen LogP contribution in [-0.4, -0.2) is 25.8 Å². The minimum Gasteiger partial charge on any atom is -0.224 e. The fourth-order valence-electron chi connectivity index (χ4n) is 1.51. The zero-order chi connectivity index (χ0) is 12.5. The number of alkyl halides is 1. The Morgan fingerprint density at radius 2 is 1.88 bits per heavy atom. The SMILES string of the molecule is CS(=O)(=O)c1ccc(SCC2(CBr)CC2)cc1. The van der Waals surface area contributed by atoms with Crippen molar-refractivity contribution in [2.75, 3.05) is 17.3 Å². The Bertz CT molecular complexity index is 490. The third-order valence-electron chi connectivity index (χ3n) is 3.04. The molecule has 0 radical (unpaired) electrons. The Labute approximate surface area is 115 Å². The molecular formula is C12H15BrO2S2. The fraction of sp³-hybridized carbons (Fsp3) is 0.500. The van der Waals surface area contributed by atoms with E-state index in [4.69, 9.17) is 0 Å². The lowest BCUT2D eigenvalue weighted by atomic mass is 10.2. The van der Waals surface area contributed by atoms with Gasteiger partial charge in [0.05, 0.1) is 4.90 Å². The molecule has 2 nitrogen and oxygen atoms in total. The Morgan fingerprint density at radius 1 is 1.29 bits per heavy atom. The van der Waals surface area contributed by atoms with Gasteiger partial charge in [-0.1, -0.05) is 15.9 Å². The van der Waals surface area contributed by atoms with E-state index in [1.807, 2.05) is 23.9 Å². The molecule has 17 heavy (non-hydrogen) atoms. The highest BCUT2D eigenvalue weighted by Gasteiger charge is 2.41. The molecule has 0 amide bonds. The summed E-state index contributed by atoms with van der Waals surface area (Å²) in [6, 6.07) is 7.16. The van der Waals surface area contributed by atoms with Gasteiger partial charge < -0.3 is 0 Å². The third kappa shape index (κ3) is 3.48. The van der Waals surface area contributed by atoms with Gasteiger partial charge >= 0.3 is 0 Å². The van der Waals surface area contributed by atoms with E-state index in [2.05, 4.69) is 15.9 Å². The van der Waals surface area contributed by atoms with Crippen LogP contribution in [0.15, 0.2) is 34.1 Å². The van der Waals surface area contributed by atoms with Gasteiger partial charge in [0.1, 0.15) is 0 Å². The number of benzene rings is 1. The maximum Gasteiger partial charge on any atom is 0.175 e. The molecule has 0 atom stereocenters. The molecule has 1 aliphatic rings. The molecule has 1 saturated carbocycles. The van der Waals surface area contributed by atoms with Crippen LogP contribution in [0, 0.1) is 5.41 Å². The van der Waals surface area contributed by atoms with E-state index in [0.717, 1.165) is 16.0 Å². The molecule has 0 bridgehead atoms. The Kier molecular flexibility index (Phi) is 3.90. The van der Waals surface area contributed by atoms with Gasteiger partial charge in [0.15, 0.2) is 9.84 Å². The van der Waals surface area contributed by atoms with Crippen molar-refractivity contribution in [2.24, 2.45) is 5.41 Å². The van der Waals surface area contributed by atoms with Gasteiger partial charge in [-0.2, -0.15) is 0 Å². The first-order chi connectivity index (χ1) is 7.95. The predicted octanol–water partition coefficient (Wildman–Crippen LogP) is 3.36. The average molecular weight is 335 g/mol. The minimum absolute atomic E-state index is 0.392. The molecule has 1 aromatic carbocycles. The van der Waals surface area contributed by atoms with Crippen LogP contribution in [-0.2, 0) is 9.84 Å². The number of rotatable bonds is 5. The standard InChI is InChI=1S/C12H15BrO2S2/c1-17(14,15)11-4-2-10(3-5-11)16-9-12(8-13)6-7-12/h2-5H,6-9H2,1H3. The van der Waals surface area contributed by atoms with Crippen molar-refractivity contribution in [1.29, 1.82) is 0 Å². The van der Waals surface area contributed by atoms with Crippen molar-refractivity contribution in [1.82, 2.24) is 0 Å². The number of hydrogen-bond acceptors (Lipinski definition) is 3. The molecule has 5 heteroatoms. The lowest BCUT2D eigenvalue weighted by molar-refractivity contribution is 0.602. The Morgan fingerprint density at radius 3 is 2.29 bits per heavy atom. The van der Waals surface area contributed by atoms with Crippen LogP contribution in [0.4, 0.5) is 0 Å². The van der Waals surface area contributed by atoms with E-state index in [1.54, 1.807) is 12.1 Å². The number of sulfone groups is 1. The lowest BCUT2D eigenvalue weighted by Crippen LogP contribution is -2.04. The topological polar surface area (TPSA) is 34.1 Å². The summed E-state index contributed by atoms with van der Waals surface area (Å²) in [5, 5.41) is 1.06. The molecule has 0 aliphatic heterocycles. The lowest BCUT2D eigenvalue weighted by Gasteiger charge is -2.10. The third-order valence-corrected chi connectivity index (χ3v) is 6.72. The normalized spacial score (nSPS) is 18.0. The second-order valence-corrected chi connectivity index (χ2v) is 8.29. The highest BCUT2D eigenvalue weighted by atomic mass is 79.9. The summed E-state index contributed by atoms with van der Waals surface area (Å²) >= 11 is 5.36. The van der Waals surface area contributed by atoms with E-state index in [0.29, 0.717) is 10.3 Å². The second kappa shape index (κ2) is 4.94. The monoisotopic (exact) mass is 334 g/mol. The molecule has 1 aromatic rings. The molecule has 0 saturated heterocycles. The zero-order valence-electron chi connectivity index (χ0n) is 9.65. The Balaban J connectivity index is 1.99. The quantitative estimate of drug-likeness (QED) is 0.611. The van der Waals surface area contributed by atoms with Crippen LogP contribution < -0.4 is 0 Å².